The van der Waals surface area contributed by atoms with Crippen molar-refractivity contribution in [2.45, 2.75) is 64.5 Å². The summed E-state index contributed by atoms with van der Waals surface area (Å²) in [5.74, 6) is 0.497. The van der Waals surface area contributed by atoms with Gasteiger partial charge in [-0.05, 0) is 91.5 Å². The highest BCUT2D eigenvalue weighted by Gasteiger charge is 2.67. The third-order valence-electron chi connectivity index (χ3n) is 9.26. The molecule has 4 aliphatic rings. The molecule has 176 valence electrons. The second-order valence-electron chi connectivity index (χ2n) is 11.5. The van der Waals surface area contributed by atoms with Gasteiger partial charge in [-0.15, -0.1) is 9.13 Å². The molecule has 2 aromatic heterocycles. The van der Waals surface area contributed by atoms with Gasteiger partial charge in [0.25, 0.3) is 0 Å². The normalized spacial score (nSPS) is 20.3. The van der Waals surface area contributed by atoms with Gasteiger partial charge in [-0.3, -0.25) is 0 Å². The van der Waals surface area contributed by atoms with E-state index in [1.165, 1.54) is 76.0 Å². The molecule has 8 rings (SSSR count). The first-order valence-electron chi connectivity index (χ1n) is 13.7. The summed E-state index contributed by atoms with van der Waals surface area (Å²) in [7, 11) is 0. The minimum Gasteiger partial charge on any atom is -0.125 e. The summed E-state index contributed by atoms with van der Waals surface area (Å²) in [5, 5.41) is 0. The summed E-state index contributed by atoms with van der Waals surface area (Å²) in [4.78, 5) is 0. The zero-order valence-corrected chi connectivity index (χ0v) is 21.4. The van der Waals surface area contributed by atoms with E-state index < -0.39 is 5.66 Å². The predicted octanol–water partition coefficient (Wildman–Crippen LogP) is 6.84. The lowest BCUT2D eigenvalue weighted by atomic mass is 9.86. The van der Waals surface area contributed by atoms with Crippen LogP contribution in [0, 0.1) is 6.92 Å². The summed E-state index contributed by atoms with van der Waals surface area (Å²) in [6.07, 6.45) is 11.1. The fourth-order valence-corrected chi connectivity index (χ4v) is 7.63. The molecule has 2 nitrogen and oxygen atoms in total. The van der Waals surface area contributed by atoms with Crippen LogP contribution < -0.4 is 9.13 Å². The van der Waals surface area contributed by atoms with Gasteiger partial charge >= 0.3 is 5.66 Å². The third-order valence-corrected chi connectivity index (χ3v) is 9.26. The highest BCUT2D eigenvalue weighted by molar-refractivity contribution is 5.86. The summed E-state index contributed by atoms with van der Waals surface area (Å²) in [6, 6.07) is 23.4. The highest BCUT2D eigenvalue weighted by Crippen LogP contribution is 2.52. The summed E-state index contributed by atoms with van der Waals surface area (Å²) < 4.78 is 5.15. The van der Waals surface area contributed by atoms with Gasteiger partial charge in [0.2, 0.25) is 11.4 Å². The number of allylic oxidation sites excluding steroid dienone is 2. The Morgan fingerprint density at radius 1 is 0.806 bits per heavy atom. The summed E-state index contributed by atoms with van der Waals surface area (Å²) in [6.45, 7) is 6.84. The zero-order valence-electron chi connectivity index (χ0n) is 21.4. The summed E-state index contributed by atoms with van der Waals surface area (Å²) >= 11 is 0. The van der Waals surface area contributed by atoms with E-state index in [4.69, 9.17) is 0 Å². The van der Waals surface area contributed by atoms with Crippen molar-refractivity contribution in [3.63, 3.8) is 0 Å². The molecular weight excluding hydrogens is 436 g/mol. The standard InChI is InChI=1S/C34H32N2/c1-21(2)23-16-17-35-32(19-23)33-28-18-24-8-4-5-9-25(24)26(28)13-14-30(33)34(35)29-11-7-6-10-27(29)31-15-12-22(3)20-36(31)34/h6-7,10-17,19-21H,4-5,8-9,18H2,1-3H3/q+2. The lowest BCUT2D eigenvalue weighted by Crippen LogP contribution is -2.71. The Morgan fingerprint density at radius 3 is 2.56 bits per heavy atom. The van der Waals surface area contributed by atoms with E-state index in [-0.39, 0.29) is 0 Å². The molecule has 4 heterocycles. The van der Waals surface area contributed by atoms with Crippen molar-refractivity contribution in [1.82, 2.24) is 0 Å². The van der Waals surface area contributed by atoms with Crippen LogP contribution in [0.2, 0.25) is 0 Å². The van der Waals surface area contributed by atoms with Gasteiger partial charge in [-0.2, -0.15) is 0 Å². The Balaban J connectivity index is 1.52. The van der Waals surface area contributed by atoms with E-state index in [2.05, 4.69) is 103 Å². The van der Waals surface area contributed by atoms with Crippen molar-refractivity contribution >= 4 is 5.57 Å². The monoisotopic (exact) mass is 468 g/mol. The maximum Gasteiger partial charge on any atom is 0.417 e. The Kier molecular flexibility index (Phi) is 4.03. The van der Waals surface area contributed by atoms with Crippen LogP contribution in [-0.4, -0.2) is 0 Å². The van der Waals surface area contributed by atoms with Crippen LogP contribution in [0.4, 0.5) is 0 Å². The van der Waals surface area contributed by atoms with Crippen molar-refractivity contribution in [3.05, 3.63) is 112 Å². The molecule has 0 N–H and O–H groups in total. The molecule has 2 aliphatic heterocycles. The SMILES string of the molecule is Cc1ccc2[n+](c1)C1(c3ccccc3-2)c2ccc3c(c2-c2cc(C(C)C)cc[n+]21)CC1=C3CCCC1. The van der Waals surface area contributed by atoms with Gasteiger partial charge in [0.1, 0.15) is 11.1 Å². The van der Waals surface area contributed by atoms with E-state index in [1.807, 2.05) is 0 Å². The van der Waals surface area contributed by atoms with E-state index in [0.29, 0.717) is 5.92 Å². The second kappa shape index (κ2) is 7.03. The number of hydrogen-bond acceptors (Lipinski definition) is 0. The maximum absolute atomic E-state index is 2.59. The highest BCUT2D eigenvalue weighted by atomic mass is 15.3. The lowest BCUT2D eigenvalue weighted by Gasteiger charge is -2.18. The van der Waals surface area contributed by atoms with Gasteiger partial charge < -0.3 is 0 Å². The predicted molar refractivity (Wildman–Crippen MR) is 144 cm³/mol. The van der Waals surface area contributed by atoms with Crippen molar-refractivity contribution in [1.29, 1.82) is 0 Å². The molecular formula is C34H32N2+2. The van der Waals surface area contributed by atoms with Crippen molar-refractivity contribution in [3.8, 4) is 22.5 Å². The minimum absolute atomic E-state index is 0.393. The van der Waals surface area contributed by atoms with Crippen molar-refractivity contribution in [2.75, 3.05) is 0 Å². The van der Waals surface area contributed by atoms with Crippen LogP contribution in [0.5, 0.6) is 0 Å². The van der Waals surface area contributed by atoms with E-state index in [1.54, 1.807) is 16.7 Å². The molecule has 0 saturated carbocycles. The quantitative estimate of drug-likeness (QED) is 0.234. The van der Waals surface area contributed by atoms with Gasteiger partial charge in [0.15, 0.2) is 12.4 Å². The van der Waals surface area contributed by atoms with Crippen LogP contribution >= 0.6 is 0 Å². The molecule has 0 saturated heterocycles. The van der Waals surface area contributed by atoms with E-state index in [9.17, 15) is 0 Å². The fraction of sp³-hybridized carbons (Fsp3) is 0.294. The molecule has 0 amide bonds. The Morgan fingerprint density at radius 2 is 1.67 bits per heavy atom. The average molecular weight is 469 g/mol. The number of rotatable bonds is 1. The van der Waals surface area contributed by atoms with Gasteiger partial charge in [-0.1, -0.05) is 37.6 Å². The van der Waals surface area contributed by atoms with E-state index in [0.717, 1.165) is 6.42 Å². The summed E-state index contributed by atoms with van der Waals surface area (Å²) in [5.41, 5.74) is 17.1. The van der Waals surface area contributed by atoms with Crippen molar-refractivity contribution < 1.29 is 9.13 Å². The van der Waals surface area contributed by atoms with Crippen molar-refractivity contribution in [2.24, 2.45) is 0 Å². The maximum atomic E-state index is 2.59. The van der Waals surface area contributed by atoms with Gasteiger partial charge in [0, 0.05) is 23.8 Å². The topological polar surface area (TPSA) is 7.76 Å². The smallest absolute Gasteiger partial charge is 0.125 e. The molecule has 2 aliphatic carbocycles. The molecule has 0 fully saturated rings. The average Bonchev–Trinajstić information content (AvgIpc) is 3.51. The number of benzene rings is 2. The molecule has 4 aromatic rings. The molecule has 0 bridgehead atoms. The molecule has 36 heavy (non-hydrogen) atoms. The number of fused-ring (bicyclic) bond motifs is 13. The van der Waals surface area contributed by atoms with Crippen LogP contribution in [0.1, 0.15) is 78.8 Å². The Bertz CT molecular complexity index is 1650. The van der Waals surface area contributed by atoms with E-state index >= 15 is 0 Å². The molecule has 2 heteroatoms. The lowest BCUT2D eigenvalue weighted by molar-refractivity contribution is -0.955. The van der Waals surface area contributed by atoms with Crippen LogP contribution in [0.3, 0.4) is 0 Å². The first-order chi connectivity index (χ1) is 17.6. The Hall–Kier alpha value is -3.52. The molecule has 1 atom stereocenters. The zero-order chi connectivity index (χ0) is 24.2. The number of hydrogen-bond donors (Lipinski definition) is 0. The number of nitrogens with zero attached hydrogens (tertiary/aromatic N) is 2. The first kappa shape index (κ1) is 20.7. The number of aryl methyl sites for hydroxylation is 1. The first-order valence-corrected chi connectivity index (χ1v) is 13.7. The van der Waals surface area contributed by atoms with Gasteiger partial charge in [0.05, 0.1) is 11.1 Å². The molecule has 0 radical (unpaired) electrons. The number of aromatic nitrogens is 2. The largest absolute Gasteiger partial charge is 0.417 e. The molecule has 1 unspecified atom stereocenters. The second-order valence-corrected chi connectivity index (χ2v) is 11.5. The fourth-order valence-electron chi connectivity index (χ4n) is 7.63. The van der Waals surface area contributed by atoms with Crippen LogP contribution in [-0.2, 0) is 12.1 Å². The molecule has 2 aromatic carbocycles. The van der Waals surface area contributed by atoms with Crippen LogP contribution in [0.25, 0.3) is 28.1 Å². The van der Waals surface area contributed by atoms with Gasteiger partial charge in [-0.25, -0.2) is 0 Å². The number of pyridine rings is 2. The minimum atomic E-state index is -0.393. The van der Waals surface area contributed by atoms with Crippen LogP contribution in [0.15, 0.2) is 78.6 Å². The Labute approximate surface area is 213 Å². The third kappa shape index (κ3) is 2.38. The molecule has 1 spiro atoms.